The number of hydrogen-bond donors (Lipinski definition) is 1. The largest absolute Gasteiger partial charge is 0.387 e. The first-order chi connectivity index (χ1) is 8.14. The quantitative estimate of drug-likeness (QED) is 0.868. The second-order valence-corrected chi connectivity index (χ2v) is 5.20. The lowest BCUT2D eigenvalue weighted by molar-refractivity contribution is -0.108. The Labute approximate surface area is 106 Å². The number of benzene rings is 1. The van der Waals surface area contributed by atoms with Gasteiger partial charge < -0.3 is 5.11 Å². The zero-order valence-electron chi connectivity index (χ0n) is 11.1. The summed E-state index contributed by atoms with van der Waals surface area (Å²) in [6.45, 7) is 6.43. The third kappa shape index (κ3) is 2.53. The predicted molar refractivity (Wildman–Crippen MR) is 65.3 cm³/mol. The SMILES string of the molecule is CCC(C)(C)c1cccc(C(F)(F)[C@H](C)O)c1F. The molecule has 0 fully saturated rings. The van der Waals surface area contributed by atoms with Crippen molar-refractivity contribution < 1.29 is 18.3 Å². The average molecular weight is 260 g/mol. The Balaban J connectivity index is 3.39. The summed E-state index contributed by atoms with van der Waals surface area (Å²) in [6, 6.07) is 3.94. The minimum absolute atomic E-state index is 0.253. The fourth-order valence-corrected chi connectivity index (χ4v) is 1.73. The molecule has 1 aromatic rings. The van der Waals surface area contributed by atoms with Crippen molar-refractivity contribution in [1.29, 1.82) is 0 Å². The summed E-state index contributed by atoms with van der Waals surface area (Å²) < 4.78 is 41.7. The van der Waals surface area contributed by atoms with Crippen molar-refractivity contribution in [2.24, 2.45) is 0 Å². The highest BCUT2D eigenvalue weighted by molar-refractivity contribution is 5.34. The molecule has 0 unspecified atom stereocenters. The molecule has 1 rings (SSSR count). The molecule has 0 bridgehead atoms. The first kappa shape index (κ1) is 15.0. The van der Waals surface area contributed by atoms with Crippen LogP contribution in [0.15, 0.2) is 18.2 Å². The maximum atomic E-state index is 14.2. The fraction of sp³-hybridized carbons (Fsp3) is 0.571. The maximum Gasteiger partial charge on any atom is 0.301 e. The van der Waals surface area contributed by atoms with Gasteiger partial charge in [-0.3, -0.25) is 0 Å². The third-order valence-corrected chi connectivity index (χ3v) is 3.50. The van der Waals surface area contributed by atoms with Gasteiger partial charge in [-0.1, -0.05) is 32.9 Å². The Morgan fingerprint density at radius 3 is 2.17 bits per heavy atom. The average Bonchev–Trinajstić information content (AvgIpc) is 2.28. The number of halogens is 3. The van der Waals surface area contributed by atoms with Gasteiger partial charge in [-0.2, -0.15) is 8.78 Å². The molecular formula is C14H19F3O. The van der Waals surface area contributed by atoms with Crippen molar-refractivity contribution >= 4 is 0 Å². The molecule has 0 saturated heterocycles. The van der Waals surface area contributed by atoms with Crippen LogP contribution in [0.5, 0.6) is 0 Å². The van der Waals surface area contributed by atoms with Crippen LogP contribution in [0, 0.1) is 5.82 Å². The zero-order chi connectivity index (χ0) is 14.1. The Hall–Kier alpha value is -1.03. The van der Waals surface area contributed by atoms with Crippen LogP contribution in [-0.4, -0.2) is 11.2 Å². The monoisotopic (exact) mass is 260 g/mol. The van der Waals surface area contributed by atoms with Crippen LogP contribution in [0.25, 0.3) is 0 Å². The Morgan fingerprint density at radius 2 is 1.72 bits per heavy atom. The van der Waals surface area contributed by atoms with Gasteiger partial charge in [0.2, 0.25) is 0 Å². The Bertz CT molecular complexity index is 425. The van der Waals surface area contributed by atoms with E-state index in [1.165, 1.54) is 12.1 Å². The van der Waals surface area contributed by atoms with E-state index in [0.717, 1.165) is 13.0 Å². The number of aliphatic hydroxyl groups excluding tert-OH is 1. The number of alkyl halides is 2. The third-order valence-electron chi connectivity index (χ3n) is 3.50. The molecule has 0 aliphatic carbocycles. The van der Waals surface area contributed by atoms with E-state index in [4.69, 9.17) is 5.11 Å². The smallest absolute Gasteiger partial charge is 0.301 e. The summed E-state index contributed by atoms with van der Waals surface area (Å²) in [4.78, 5) is 0. The highest BCUT2D eigenvalue weighted by Crippen LogP contribution is 2.38. The van der Waals surface area contributed by atoms with Crippen molar-refractivity contribution in [3.63, 3.8) is 0 Å². The molecule has 0 aromatic heterocycles. The van der Waals surface area contributed by atoms with Gasteiger partial charge in [-0.05, 0) is 30.4 Å². The van der Waals surface area contributed by atoms with Crippen molar-refractivity contribution in [1.82, 2.24) is 0 Å². The van der Waals surface area contributed by atoms with E-state index in [0.29, 0.717) is 6.42 Å². The second-order valence-electron chi connectivity index (χ2n) is 5.20. The van der Waals surface area contributed by atoms with Crippen molar-refractivity contribution in [3.05, 3.63) is 35.1 Å². The van der Waals surface area contributed by atoms with Crippen LogP contribution in [0.3, 0.4) is 0 Å². The summed E-state index contributed by atoms with van der Waals surface area (Å²) in [6.07, 6.45) is -1.29. The summed E-state index contributed by atoms with van der Waals surface area (Å²) in [5.41, 5.74) is -1.01. The highest BCUT2D eigenvalue weighted by atomic mass is 19.3. The van der Waals surface area contributed by atoms with Gasteiger partial charge in [0.1, 0.15) is 11.9 Å². The van der Waals surface area contributed by atoms with Crippen LogP contribution in [0.2, 0.25) is 0 Å². The molecule has 0 radical (unpaired) electrons. The summed E-state index contributed by atoms with van der Waals surface area (Å²) in [5, 5.41) is 9.09. The highest BCUT2D eigenvalue weighted by Gasteiger charge is 2.41. The molecule has 0 spiro atoms. The normalized spacial score (nSPS) is 14.7. The molecule has 102 valence electrons. The number of hydrogen-bond acceptors (Lipinski definition) is 1. The van der Waals surface area contributed by atoms with Crippen LogP contribution < -0.4 is 0 Å². The van der Waals surface area contributed by atoms with E-state index < -0.39 is 28.8 Å². The molecule has 4 heteroatoms. The van der Waals surface area contributed by atoms with Crippen LogP contribution in [0.4, 0.5) is 13.2 Å². The minimum Gasteiger partial charge on any atom is -0.387 e. The van der Waals surface area contributed by atoms with Gasteiger partial charge in [0.25, 0.3) is 0 Å². The fourth-order valence-electron chi connectivity index (χ4n) is 1.73. The topological polar surface area (TPSA) is 20.2 Å². The standard InChI is InChI=1S/C14H19F3O/c1-5-13(3,4)10-7-6-8-11(12(10)15)14(16,17)9(2)18/h6-9,18H,5H2,1-4H3/t9-/m0/s1. The van der Waals surface area contributed by atoms with Gasteiger partial charge in [0, 0.05) is 0 Å². The first-order valence-corrected chi connectivity index (χ1v) is 6.00. The maximum absolute atomic E-state index is 14.2. The molecule has 1 N–H and O–H groups in total. The molecule has 1 aromatic carbocycles. The Kier molecular flexibility index (Phi) is 4.11. The van der Waals surface area contributed by atoms with Gasteiger partial charge in [0.05, 0.1) is 5.56 Å². The predicted octanol–water partition coefficient (Wildman–Crippen LogP) is 3.99. The van der Waals surface area contributed by atoms with E-state index in [-0.39, 0.29) is 5.56 Å². The molecular weight excluding hydrogens is 241 g/mol. The van der Waals surface area contributed by atoms with Crippen LogP contribution in [-0.2, 0) is 11.3 Å². The molecule has 1 nitrogen and oxygen atoms in total. The van der Waals surface area contributed by atoms with Gasteiger partial charge in [-0.25, -0.2) is 4.39 Å². The molecule has 0 aliphatic heterocycles. The second kappa shape index (κ2) is 4.92. The first-order valence-electron chi connectivity index (χ1n) is 6.00. The van der Waals surface area contributed by atoms with Crippen molar-refractivity contribution in [2.75, 3.05) is 0 Å². The zero-order valence-corrected chi connectivity index (χ0v) is 11.1. The molecule has 1 atom stereocenters. The lowest BCUT2D eigenvalue weighted by atomic mass is 9.80. The van der Waals surface area contributed by atoms with Crippen LogP contribution in [0.1, 0.15) is 45.2 Å². The van der Waals surface area contributed by atoms with Gasteiger partial charge >= 0.3 is 5.92 Å². The van der Waals surface area contributed by atoms with E-state index in [2.05, 4.69) is 0 Å². The Morgan fingerprint density at radius 1 is 1.22 bits per heavy atom. The molecule has 0 amide bonds. The van der Waals surface area contributed by atoms with E-state index in [9.17, 15) is 13.2 Å². The van der Waals surface area contributed by atoms with Gasteiger partial charge in [-0.15, -0.1) is 0 Å². The van der Waals surface area contributed by atoms with E-state index in [1.807, 2.05) is 6.92 Å². The summed E-state index contributed by atoms with van der Waals surface area (Å²) in [7, 11) is 0. The molecule has 0 saturated carbocycles. The molecule has 0 heterocycles. The number of aliphatic hydroxyl groups is 1. The minimum atomic E-state index is -3.58. The number of rotatable bonds is 4. The van der Waals surface area contributed by atoms with Crippen LogP contribution >= 0.6 is 0 Å². The summed E-state index contributed by atoms with van der Waals surface area (Å²) >= 11 is 0. The molecule has 18 heavy (non-hydrogen) atoms. The van der Waals surface area contributed by atoms with E-state index >= 15 is 0 Å². The lowest BCUT2D eigenvalue weighted by Gasteiger charge is -2.27. The van der Waals surface area contributed by atoms with Crippen molar-refractivity contribution in [2.45, 2.75) is 51.6 Å². The lowest BCUT2D eigenvalue weighted by Crippen LogP contribution is -2.30. The van der Waals surface area contributed by atoms with Crippen molar-refractivity contribution in [3.8, 4) is 0 Å². The van der Waals surface area contributed by atoms with Gasteiger partial charge in [0.15, 0.2) is 0 Å². The van der Waals surface area contributed by atoms with E-state index in [1.54, 1.807) is 13.8 Å². The molecule has 0 aliphatic rings. The summed E-state index contributed by atoms with van der Waals surface area (Å²) in [5.74, 6) is -4.50.